The number of hydrogen-bond acceptors (Lipinski definition) is 8. The summed E-state index contributed by atoms with van der Waals surface area (Å²) in [4.78, 5) is 12.5. The zero-order valence-corrected chi connectivity index (χ0v) is 9.95. The minimum Gasteiger partial charge on any atom is -0.366 e. The zero-order chi connectivity index (χ0) is 13.1. The molecule has 19 heavy (non-hydrogen) atoms. The Morgan fingerprint density at radius 2 is 2.32 bits per heavy atom. The van der Waals surface area contributed by atoms with E-state index in [1.54, 1.807) is 12.4 Å². The van der Waals surface area contributed by atoms with Crippen molar-refractivity contribution in [3.8, 4) is 0 Å². The van der Waals surface area contributed by atoms with Crippen molar-refractivity contribution in [1.29, 1.82) is 0 Å². The Morgan fingerprint density at radius 1 is 1.37 bits per heavy atom. The predicted octanol–water partition coefficient (Wildman–Crippen LogP) is 0.0525. The first-order valence-electron chi connectivity index (χ1n) is 5.66. The van der Waals surface area contributed by atoms with Crippen molar-refractivity contribution >= 4 is 17.3 Å². The van der Waals surface area contributed by atoms with E-state index in [0.717, 1.165) is 5.65 Å². The van der Waals surface area contributed by atoms with Gasteiger partial charge in [0.25, 0.3) is 0 Å². The maximum Gasteiger partial charge on any atom is 0.228 e. The molecule has 0 amide bonds. The maximum absolute atomic E-state index is 5.38. The van der Waals surface area contributed by atoms with E-state index in [2.05, 4.69) is 30.9 Å². The molecule has 3 rings (SSSR count). The normalized spacial score (nSPS) is 10.8. The number of fused-ring (bicyclic) bond motifs is 1. The molecule has 0 radical (unpaired) electrons. The van der Waals surface area contributed by atoms with Crippen LogP contribution in [0.4, 0.5) is 11.6 Å². The quantitative estimate of drug-likeness (QED) is 0.435. The van der Waals surface area contributed by atoms with E-state index in [4.69, 9.17) is 10.4 Å². The van der Waals surface area contributed by atoms with Crippen LogP contribution in [0, 0.1) is 0 Å². The van der Waals surface area contributed by atoms with Crippen molar-refractivity contribution in [3.05, 3.63) is 30.8 Å². The molecule has 0 aromatic carbocycles. The largest absolute Gasteiger partial charge is 0.366 e. The standard InChI is InChI=1S/C10H12N8O/c11-17-7-5-18-4-3-13-10(18)9(16-7)12-2-1-8-14-6-15-19-8/h3-6,17H,1-2,11H2,(H,12,16). The van der Waals surface area contributed by atoms with Crippen LogP contribution in [0.15, 0.2) is 29.4 Å². The van der Waals surface area contributed by atoms with Crippen molar-refractivity contribution in [2.75, 3.05) is 17.3 Å². The lowest BCUT2D eigenvalue weighted by Gasteiger charge is -2.08. The molecule has 4 N–H and O–H groups in total. The molecule has 9 nitrogen and oxygen atoms in total. The minimum atomic E-state index is 0.547. The Morgan fingerprint density at radius 3 is 3.11 bits per heavy atom. The summed E-state index contributed by atoms with van der Waals surface area (Å²) in [7, 11) is 0. The summed E-state index contributed by atoms with van der Waals surface area (Å²) in [5.41, 5.74) is 3.24. The lowest BCUT2D eigenvalue weighted by atomic mass is 10.4. The van der Waals surface area contributed by atoms with Crippen LogP contribution >= 0.6 is 0 Å². The van der Waals surface area contributed by atoms with Gasteiger partial charge in [-0.15, -0.1) is 0 Å². The number of nitrogens with two attached hydrogens (primary N) is 1. The summed E-state index contributed by atoms with van der Waals surface area (Å²) >= 11 is 0. The molecule has 3 aromatic heterocycles. The minimum absolute atomic E-state index is 0.547. The molecule has 0 atom stereocenters. The van der Waals surface area contributed by atoms with E-state index in [0.29, 0.717) is 30.5 Å². The number of aromatic nitrogens is 5. The number of rotatable bonds is 5. The molecule has 98 valence electrons. The molecule has 0 aliphatic rings. The Hall–Kier alpha value is -2.68. The zero-order valence-electron chi connectivity index (χ0n) is 9.95. The smallest absolute Gasteiger partial charge is 0.228 e. The van der Waals surface area contributed by atoms with Crippen molar-refractivity contribution < 1.29 is 4.52 Å². The number of nitrogens with zero attached hydrogens (tertiary/aromatic N) is 5. The monoisotopic (exact) mass is 260 g/mol. The van der Waals surface area contributed by atoms with Crippen molar-refractivity contribution in [1.82, 2.24) is 24.5 Å². The predicted molar refractivity (Wildman–Crippen MR) is 67.3 cm³/mol. The van der Waals surface area contributed by atoms with Gasteiger partial charge >= 0.3 is 0 Å². The Bertz CT molecular complexity index is 661. The van der Waals surface area contributed by atoms with Gasteiger partial charge in [-0.1, -0.05) is 5.16 Å². The first kappa shape index (κ1) is 11.4. The fourth-order valence-corrected chi connectivity index (χ4v) is 1.71. The van der Waals surface area contributed by atoms with Crippen LogP contribution in [0.3, 0.4) is 0 Å². The molecular formula is C10H12N8O. The van der Waals surface area contributed by atoms with Crippen LogP contribution in [0.1, 0.15) is 5.89 Å². The molecular weight excluding hydrogens is 248 g/mol. The lowest BCUT2D eigenvalue weighted by molar-refractivity contribution is 0.379. The molecule has 0 unspecified atom stereocenters. The number of imidazole rings is 1. The Balaban J connectivity index is 1.77. The molecule has 0 bridgehead atoms. The molecule has 3 aromatic rings. The van der Waals surface area contributed by atoms with Crippen LogP contribution in [0.2, 0.25) is 0 Å². The van der Waals surface area contributed by atoms with Crippen LogP contribution in [0.25, 0.3) is 5.65 Å². The molecule has 9 heteroatoms. The fraction of sp³-hybridized carbons (Fsp3) is 0.200. The number of anilines is 2. The van der Waals surface area contributed by atoms with E-state index in [1.807, 2.05) is 10.6 Å². The molecule has 3 heterocycles. The second-order valence-electron chi connectivity index (χ2n) is 3.79. The van der Waals surface area contributed by atoms with Gasteiger partial charge in [0.2, 0.25) is 5.89 Å². The van der Waals surface area contributed by atoms with E-state index in [-0.39, 0.29) is 0 Å². The van der Waals surface area contributed by atoms with Crippen LogP contribution in [0.5, 0.6) is 0 Å². The van der Waals surface area contributed by atoms with E-state index in [1.165, 1.54) is 6.33 Å². The summed E-state index contributed by atoms with van der Waals surface area (Å²) in [6.07, 6.45) is 7.25. The average molecular weight is 260 g/mol. The fourth-order valence-electron chi connectivity index (χ4n) is 1.71. The second kappa shape index (κ2) is 4.90. The number of nitrogen functional groups attached to an aromatic ring is 1. The SMILES string of the molecule is NNc1cn2ccnc2c(NCCc2ncno2)n1. The van der Waals surface area contributed by atoms with Crippen LogP contribution in [-0.2, 0) is 6.42 Å². The van der Waals surface area contributed by atoms with Gasteiger partial charge in [0.15, 0.2) is 23.6 Å². The number of hydrazine groups is 1. The van der Waals surface area contributed by atoms with Crippen LogP contribution in [-0.4, -0.2) is 31.1 Å². The molecule has 0 aliphatic heterocycles. The summed E-state index contributed by atoms with van der Waals surface area (Å²) in [5.74, 6) is 7.13. The summed E-state index contributed by atoms with van der Waals surface area (Å²) in [5, 5.41) is 6.71. The highest BCUT2D eigenvalue weighted by Crippen LogP contribution is 2.15. The summed E-state index contributed by atoms with van der Waals surface area (Å²) in [6.45, 7) is 0.603. The molecule has 0 spiro atoms. The molecule has 0 aliphatic carbocycles. The molecule has 0 saturated carbocycles. The number of nitrogens with one attached hydrogen (secondary N) is 2. The third-order valence-electron chi connectivity index (χ3n) is 2.56. The Labute approximate surface area is 107 Å². The molecule has 0 fully saturated rings. The summed E-state index contributed by atoms with van der Waals surface area (Å²) in [6, 6.07) is 0. The van der Waals surface area contributed by atoms with Gasteiger partial charge in [-0.2, -0.15) is 4.98 Å². The van der Waals surface area contributed by atoms with Gasteiger partial charge < -0.3 is 19.7 Å². The van der Waals surface area contributed by atoms with Crippen molar-refractivity contribution in [2.24, 2.45) is 5.84 Å². The van der Waals surface area contributed by atoms with Gasteiger partial charge in [0.1, 0.15) is 0 Å². The van der Waals surface area contributed by atoms with Gasteiger partial charge in [0.05, 0.1) is 6.20 Å². The van der Waals surface area contributed by atoms with E-state index in [9.17, 15) is 0 Å². The van der Waals surface area contributed by atoms with E-state index >= 15 is 0 Å². The first-order chi connectivity index (χ1) is 9.36. The Kier molecular flexibility index (Phi) is 2.94. The highest BCUT2D eigenvalue weighted by molar-refractivity contribution is 5.65. The second-order valence-corrected chi connectivity index (χ2v) is 3.79. The van der Waals surface area contributed by atoms with Gasteiger partial charge in [-0.25, -0.2) is 15.8 Å². The maximum atomic E-state index is 5.38. The van der Waals surface area contributed by atoms with Gasteiger partial charge in [-0.3, -0.25) is 0 Å². The average Bonchev–Trinajstić information content (AvgIpc) is 3.08. The third-order valence-corrected chi connectivity index (χ3v) is 2.56. The van der Waals surface area contributed by atoms with E-state index < -0.39 is 0 Å². The van der Waals surface area contributed by atoms with Crippen LogP contribution < -0.4 is 16.6 Å². The first-order valence-corrected chi connectivity index (χ1v) is 5.66. The van der Waals surface area contributed by atoms with Crippen molar-refractivity contribution in [2.45, 2.75) is 6.42 Å². The van der Waals surface area contributed by atoms with Gasteiger partial charge in [-0.05, 0) is 0 Å². The topological polar surface area (TPSA) is 119 Å². The van der Waals surface area contributed by atoms with Gasteiger partial charge in [0, 0.05) is 25.4 Å². The third kappa shape index (κ3) is 2.31. The summed E-state index contributed by atoms with van der Waals surface area (Å²) < 4.78 is 6.74. The highest BCUT2D eigenvalue weighted by Gasteiger charge is 2.07. The van der Waals surface area contributed by atoms with Crippen molar-refractivity contribution in [3.63, 3.8) is 0 Å². The lowest BCUT2D eigenvalue weighted by Crippen LogP contribution is -2.13. The molecule has 0 saturated heterocycles. The number of hydrogen-bond donors (Lipinski definition) is 3. The highest BCUT2D eigenvalue weighted by atomic mass is 16.5.